The zero-order valence-electron chi connectivity index (χ0n) is 10.4. The van der Waals surface area contributed by atoms with Crippen molar-refractivity contribution < 1.29 is 15.2 Å². The summed E-state index contributed by atoms with van der Waals surface area (Å²) in [6.07, 6.45) is 0. The Morgan fingerprint density at radius 3 is 2.75 bits per heavy atom. The quantitative estimate of drug-likeness (QED) is 0.696. The summed E-state index contributed by atoms with van der Waals surface area (Å²) in [5, 5.41) is 10.9. The van der Waals surface area contributed by atoms with Crippen LogP contribution in [0.1, 0.15) is 18.1 Å². The minimum absolute atomic E-state index is 0.212. The van der Waals surface area contributed by atoms with Gasteiger partial charge in [-0.1, -0.05) is 17.7 Å². The molecule has 3 heteroatoms. The van der Waals surface area contributed by atoms with Crippen molar-refractivity contribution in [1.82, 2.24) is 0 Å². The van der Waals surface area contributed by atoms with E-state index in [4.69, 9.17) is 9.84 Å². The van der Waals surface area contributed by atoms with Gasteiger partial charge in [-0.15, -0.1) is 0 Å². The molecule has 1 aromatic rings. The number of nitrogens with two attached hydrogens (primary N) is 1. The van der Waals surface area contributed by atoms with Gasteiger partial charge in [-0.3, -0.25) is 0 Å². The fraction of sp³-hybridized carbons (Fsp3) is 0.538. The van der Waals surface area contributed by atoms with Crippen molar-refractivity contribution in [2.24, 2.45) is 0 Å². The van der Waals surface area contributed by atoms with Gasteiger partial charge in [0.05, 0.1) is 6.61 Å². The van der Waals surface area contributed by atoms with Gasteiger partial charge in [0.2, 0.25) is 0 Å². The van der Waals surface area contributed by atoms with Crippen LogP contribution in [0.3, 0.4) is 0 Å². The van der Waals surface area contributed by atoms with Crippen LogP contribution in [-0.4, -0.2) is 30.9 Å². The van der Waals surface area contributed by atoms with E-state index in [9.17, 15) is 0 Å². The molecule has 3 nitrogen and oxygen atoms in total. The number of ether oxygens (including phenoxy) is 1. The van der Waals surface area contributed by atoms with E-state index in [1.165, 1.54) is 11.1 Å². The molecule has 3 N–H and O–H groups in total. The van der Waals surface area contributed by atoms with E-state index in [1.807, 2.05) is 13.0 Å². The number of rotatable bonds is 6. The molecule has 0 radical (unpaired) electrons. The van der Waals surface area contributed by atoms with Crippen molar-refractivity contribution in [2.75, 3.05) is 19.8 Å². The first kappa shape index (κ1) is 13.0. The molecular formula is C13H22NO2+. The Morgan fingerprint density at radius 1 is 1.38 bits per heavy atom. The van der Waals surface area contributed by atoms with Crippen molar-refractivity contribution in [3.05, 3.63) is 29.3 Å². The predicted octanol–water partition coefficient (Wildman–Crippen LogP) is 0.626. The Hall–Kier alpha value is -1.06. The van der Waals surface area contributed by atoms with E-state index in [-0.39, 0.29) is 12.6 Å². The van der Waals surface area contributed by atoms with Crippen molar-refractivity contribution in [3.8, 4) is 5.75 Å². The fourth-order valence-corrected chi connectivity index (χ4v) is 1.56. The summed E-state index contributed by atoms with van der Waals surface area (Å²) in [6.45, 7) is 7.89. The standard InChI is InChI=1S/C13H21NO2/c1-10-4-5-13(11(2)8-10)16-7-6-14-12(3)9-15/h4-5,8,12,14-15H,6-7,9H2,1-3H3/p+1/t12-/m0/s1. The Kier molecular flexibility index (Phi) is 5.29. The molecule has 0 saturated heterocycles. The van der Waals surface area contributed by atoms with Crippen LogP contribution in [0.15, 0.2) is 18.2 Å². The van der Waals surface area contributed by atoms with Gasteiger partial charge in [0.25, 0.3) is 0 Å². The molecular weight excluding hydrogens is 202 g/mol. The summed E-state index contributed by atoms with van der Waals surface area (Å²) in [5.41, 5.74) is 2.43. The second-order valence-corrected chi connectivity index (χ2v) is 4.30. The van der Waals surface area contributed by atoms with Gasteiger partial charge in [-0.2, -0.15) is 0 Å². The topological polar surface area (TPSA) is 46.1 Å². The van der Waals surface area contributed by atoms with Crippen LogP contribution in [0.25, 0.3) is 0 Å². The normalized spacial score (nSPS) is 12.5. The molecule has 90 valence electrons. The van der Waals surface area contributed by atoms with Gasteiger partial charge < -0.3 is 15.2 Å². The lowest BCUT2D eigenvalue weighted by Crippen LogP contribution is -2.91. The average molecular weight is 224 g/mol. The van der Waals surface area contributed by atoms with Gasteiger partial charge in [0.15, 0.2) is 0 Å². The van der Waals surface area contributed by atoms with Crippen LogP contribution in [0.2, 0.25) is 0 Å². The zero-order chi connectivity index (χ0) is 12.0. The molecule has 0 aliphatic rings. The van der Waals surface area contributed by atoms with Gasteiger partial charge >= 0.3 is 0 Å². The molecule has 1 aromatic carbocycles. The van der Waals surface area contributed by atoms with E-state index in [0.29, 0.717) is 6.61 Å². The Bertz CT molecular complexity index is 326. The smallest absolute Gasteiger partial charge is 0.137 e. The van der Waals surface area contributed by atoms with E-state index in [0.717, 1.165) is 12.3 Å². The lowest BCUT2D eigenvalue weighted by atomic mass is 10.1. The molecule has 0 spiro atoms. The van der Waals surface area contributed by atoms with Crippen LogP contribution in [0.5, 0.6) is 5.75 Å². The molecule has 0 aromatic heterocycles. The number of hydrogen-bond donors (Lipinski definition) is 2. The van der Waals surface area contributed by atoms with Crippen LogP contribution in [-0.2, 0) is 0 Å². The highest BCUT2D eigenvalue weighted by Gasteiger charge is 2.03. The largest absolute Gasteiger partial charge is 0.487 e. The molecule has 0 unspecified atom stereocenters. The lowest BCUT2D eigenvalue weighted by Gasteiger charge is -2.11. The summed E-state index contributed by atoms with van der Waals surface area (Å²) in [7, 11) is 0. The van der Waals surface area contributed by atoms with Crippen molar-refractivity contribution in [2.45, 2.75) is 26.8 Å². The molecule has 1 atom stereocenters. The monoisotopic (exact) mass is 224 g/mol. The fourth-order valence-electron chi connectivity index (χ4n) is 1.56. The number of hydrogen-bond acceptors (Lipinski definition) is 2. The van der Waals surface area contributed by atoms with Gasteiger partial charge in [0.1, 0.15) is 24.9 Å². The van der Waals surface area contributed by atoms with Crippen LogP contribution >= 0.6 is 0 Å². The molecule has 0 amide bonds. The van der Waals surface area contributed by atoms with Crippen LogP contribution < -0.4 is 10.1 Å². The first-order valence-corrected chi connectivity index (χ1v) is 5.77. The molecule has 0 heterocycles. The molecule has 0 saturated carbocycles. The molecule has 16 heavy (non-hydrogen) atoms. The zero-order valence-corrected chi connectivity index (χ0v) is 10.4. The highest BCUT2D eigenvalue weighted by Crippen LogP contribution is 2.18. The lowest BCUT2D eigenvalue weighted by molar-refractivity contribution is -0.688. The van der Waals surface area contributed by atoms with E-state index in [1.54, 1.807) is 0 Å². The van der Waals surface area contributed by atoms with Crippen LogP contribution in [0.4, 0.5) is 0 Å². The summed E-state index contributed by atoms with van der Waals surface area (Å²) in [5.74, 6) is 0.954. The predicted molar refractivity (Wildman–Crippen MR) is 64.8 cm³/mol. The van der Waals surface area contributed by atoms with Gasteiger partial charge in [0, 0.05) is 0 Å². The highest BCUT2D eigenvalue weighted by molar-refractivity contribution is 5.35. The number of aliphatic hydroxyl groups is 1. The first-order chi connectivity index (χ1) is 7.63. The summed E-state index contributed by atoms with van der Waals surface area (Å²) < 4.78 is 5.67. The Balaban J connectivity index is 2.32. The SMILES string of the molecule is Cc1ccc(OCC[NH2+][C@@H](C)CO)c(C)c1. The average Bonchev–Trinajstić information content (AvgIpc) is 2.26. The second kappa shape index (κ2) is 6.51. The maximum absolute atomic E-state index is 8.85. The van der Waals surface area contributed by atoms with Crippen LogP contribution in [0, 0.1) is 13.8 Å². The number of aliphatic hydroxyl groups excluding tert-OH is 1. The molecule has 0 aliphatic heterocycles. The summed E-state index contributed by atoms with van der Waals surface area (Å²) in [6, 6.07) is 6.44. The van der Waals surface area contributed by atoms with Gasteiger partial charge in [-0.05, 0) is 32.4 Å². The van der Waals surface area contributed by atoms with Gasteiger partial charge in [-0.25, -0.2) is 0 Å². The van der Waals surface area contributed by atoms with E-state index < -0.39 is 0 Å². The van der Waals surface area contributed by atoms with Crippen molar-refractivity contribution in [3.63, 3.8) is 0 Å². The maximum atomic E-state index is 8.85. The minimum Gasteiger partial charge on any atom is -0.487 e. The van der Waals surface area contributed by atoms with E-state index in [2.05, 4.69) is 31.3 Å². The third-order valence-electron chi connectivity index (χ3n) is 2.56. The number of aryl methyl sites for hydroxylation is 2. The maximum Gasteiger partial charge on any atom is 0.137 e. The molecule has 0 fully saturated rings. The number of quaternary nitrogens is 1. The second-order valence-electron chi connectivity index (χ2n) is 4.30. The number of benzene rings is 1. The minimum atomic E-state index is 0.212. The Morgan fingerprint density at radius 2 is 2.12 bits per heavy atom. The Labute approximate surface area is 97.4 Å². The molecule has 1 rings (SSSR count). The van der Waals surface area contributed by atoms with E-state index >= 15 is 0 Å². The summed E-state index contributed by atoms with van der Waals surface area (Å²) in [4.78, 5) is 0. The molecule has 0 aliphatic carbocycles. The summed E-state index contributed by atoms with van der Waals surface area (Å²) >= 11 is 0. The third-order valence-corrected chi connectivity index (χ3v) is 2.56. The first-order valence-electron chi connectivity index (χ1n) is 5.77. The third kappa shape index (κ3) is 4.21. The highest BCUT2D eigenvalue weighted by atomic mass is 16.5. The van der Waals surface area contributed by atoms with Crippen molar-refractivity contribution >= 4 is 0 Å². The van der Waals surface area contributed by atoms with Crippen molar-refractivity contribution in [1.29, 1.82) is 0 Å². The molecule has 0 bridgehead atoms.